The van der Waals surface area contributed by atoms with E-state index in [2.05, 4.69) is 24.1 Å². The van der Waals surface area contributed by atoms with Crippen LogP contribution in [0.4, 0.5) is 0 Å². The van der Waals surface area contributed by atoms with Crippen LogP contribution < -0.4 is 5.32 Å². The van der Waals surface area contributed by atoms with Crippen LogP contribution in [-0.4, -0.2) is 36.1 Å². The predicted molar refractivity (Wildman–Crippen MR) is 79.0 cm³/mol. The monoisotopic (exact) mass is 252 g/mol. The maximum absolute atomic E-state index is 3.70. The number of nitrogens with one attached hydrogen (secondary N) is 1. The average Bonchev–Trinajstić information content (AvgIpc) is 2.62. The van der Waals surface area contributed by atoms with Gasteiger partial charge in [-0.3, -0.25) is 4.90 Å². The Balaban J connectivity index is 1.77. The zero-order valence-electron chi connectivity index (χ0n) is 12.5. The Hall–Kier alpha value is -0.0800. The minimum absolute atomic E-state index is 0.809. The summed E-state index contributed by atoms with van der Waals surface area (Å²) in [5.41, 5.74) is 0. The summed E-state index contributed by atoms with van der Waals surface area (Å²) < 4.78 is 0. The third-order valence-corrected chi connectivity index (χ3v) is 4.95. The second kappa shape index (κ2) is 7.49. The van der Waals surface area contributed by atoms with Crippen molar-refractivity contribution in [2.45, 2.75) is 89.8 Å². The molecule has 0 aromatic carbocycles. The summed E-state index contributed by atoms with van der Waals surface area (Å²) in [6.07, 6.45) is 12.7. The Morgan fingerprint density at radius 1 is 1.00 bits per heavy atom. The lowest BCUT2D eigenvalue weighted by Crippen LogP contribution is -2.46. The van der Waals surface area contributed by atoms with E-state index in [9.17, 15) is 0 Å². The fraction of sp³-hybridized carbons (Fsp3) is 1.00. The van der Waals surface area contributed by atoms with Gasteiger partial charge < -0.3 is 5.32 Å². The van der Waals surface area contributed by atoms with Crippen LogP contribution in [0, 0.1) is 0 Å². The van der Waals surface area contributed by atoms with Gasteiger partial charge in [-0.15, -0.1) is 0 Å². The maximum atomic E-state index is 3.70. The molecule has 2 heteroatoms. The molecule has 1 unspecified atom stereocenters. The molecule has 0 bridgehead atoms. The van der Waals surface area contributed by atoms with Gasteiger partial charge in [-0.25, -0.2) is 0 Å². The second-order valence-electron chi connectivity index (χ2n) is 6.40. The summed E-state index contributed by atoms with van der Waals surface area (Å²) in [5, 5.41) is 3.70. The highest BCUT2D eigenvalue weighted by atomic mass is 15.2. The molecule has 0 amide bonds. The molecule has 0 radical (unpaired) electrons. The number of nitrogens with zero attached hydrogens (tertiary/aromatic N) is 1. The van der Waals surface area contributed by atoms with E-state index >= 15 is 0 Å². The van der Waals surface area contributed by atoms with Crippen molar-refractivity contribution in [1.29, 1.82) is 0 Å². The fourth-order valence-electron chi connectivity index (χ4n) is 3.80. The third kappa shape index (κ3) is 3.96. The fourth-order valence-corrected chi connectivity index (χ4v) is 3.80. The van der Waals surface area contributed by atoms with Crippen molar-refractivity contribution in [3.8, 4) is 0 Å². The highest BCUT2D eigenvalue weighted by molar-refractivity contribution is 4.86. The Labute approximate surface area is 114 Å². The summed E-state index contributed by atoms with van der Waals surface area (Å²) in [6.45, 7) is 7.28. The van der Waals surface area contributed by atoms with Gasteiger partial charge in [-0.2, -0.15) is 0 Å². The highest BCUT2D eigenvalue weighted by Gasteiger charge is 2.28. The molecule has 1 heterocycles. The largest absolute Gasteiger partial charge is 0.314 e. The third-order valence-electron chi connectivity index (χ3n) is 4.95. The lowest BCUT2D eigenvalue weighted by molar-refractivity contribution is 0.106. The summed E-state index contributed by atoms with van der Waals surface area (Å²) in [4.78, 5) is 2.84. The van der Waals surface area contributed by atoms with E-state index in [1.807, 2.05) is 0 Å². The van der Waals surface area contributed by atoms with Crippen molar-refractivity contribution in [2.24, 2.45) is 0 Å². The van der Waals surface area contributed by atoms with Gasteiger partial charge in [0.05, 0.1) is 0 Å². The normalized spacial score (nSPS) is 35.3. The van der Waals surface area contributed by atoms with E-state index < -0.39 is 0 Å². The first-order chi connectivity index (χ1) is 8.81. The Bertz CT molecular complexity index is 221. The van der Waals surface area contributed by atoms with Gasteiger partial charge in [0, 0.05) is 18.1 Å². The molecule has 1 N–H and O–H groups in total. The predicted octanol–water partition coefficient (Wildman–Crippen LogP) is 3.56. The first-order valence-corrected chi connectivity index (χ1v) is 8.30. The highest BCUT2D eigenvalue weighted by Crippen LogP contribution is 2.28. The van der Waals surface area contributed by atoms with E-state index in [-0.39, 0.29) is 0 Å². The molecular formula is C16H32N2. The molecule has 2 fully saturated rings. The molecule has 1 saturated heterocycles. The zero-order valence-corrected chi connectivity index (χ0v) is 12.5. The Morgan fingerprint density at radius 3 is 2.50 bits per heavy atom. The summed E-state index contributed by atoms with van der Waals surface area (Å²) >= 11 is 0. The summed E-state index contributed by atoms with van der Waals surface area (Å²) in [6, 6.07) is 2.53. The van der Waals surface area contributed by atoms with Crippen molar-refractivity contribution < 1.29 is 0 Å². The van der Waals surface area contributed by atoms with Crippen molar-refractivity contribution in [3.63, 3.8) is 0 Å². The van der Waals surface area contributed by atoms with Gasteiger partial charge in [-0.1, -0.05) is 19.8 Å². The van der Waals surface area contributed by atoms with Gasteiger partial charge in [0.25, 0.3) is 0 Å². The van der Waals surface area contributed by atoms with E-state index in [1.54, 1.807) is 0 Å². The molecule has 0 spiro atoms. The number of rotatable bonds is 4. The van der Waals surface area contributed by atoms with Crippen molar-refractivity contribution in [2.75, 3.05) is 13.1 Å². The molecule has 0 aromatic heterocycles. The Morgan fingerprint density at radius 2 is 1.78 bits per heavy atom. The molecule has 106 valence electrons. The van der Waals surface area contributed by atoms with Crippen LogP contribution in [0.3, 0.4) is 0 Å². The van der Waals surface area contributed by atoms with Gasteiger partial charge in [-0.05, 0) is 65.0 Å². The lowest BCUT2D eigenvalue weighted by atomic mass is 9.89. The quantitative estimate of drug-likeness (QED) is 0.823. The van der Waals surface area contributed by atoms with Crippen LogP contribution >= 0.6 is 0 Å². The molecule has 1 aliphatic carbocycles. The molecular weight excluding hydrogens is 220 g/mol. The zero-order chi connectivity index (χ0) is 12.8. The van der Waals surface area contributed by atoms with E-state index in [0.717, 1.165) is 18.1 Å². The first-order valence-electron chi connectivity index (χ1n) is 8.30. The van der Waals surface area contributed by atoms with Crippen molar-refractivity contribution in [1.82, 2.24) is 10.2 Å². The molecule has 2 rings (SSSR count). The van der Waals surface area contributed by atoms with Crippen LogP contribution in [0.15, 0.2) is 0 Å². The molecule has 2 nitrogen and oxygen atoms in total. The standard InChI is InChI=1S/C16H32N2/c1-3-12-17-15-8-10-16(11-9-15)18-13-6-4-5-7-14(18)2/h14-17H,3-13H2,1-2H3. The summed E-state index contributed by atoms with van der Waals surface area (Å²) in [5.74, 6) is 0. The SMILES string of the molecule is CCCNC1CCC(N2CCCCCC2C)CC1. The molecule has 0 aromatic rings. The van der Waals surface area contributed by atoms with Crippen molar-refractivity contribution in [3.05, 3.63) is 0 Å². The van der Waals surface area contributed by atoms with Crippen LogP contribution in [0.5, 0.6) is 0 Å². The van der Waals surface area contributed by atoms with Gasteiger partial charge >= 0.3 is 0 Å². The van der Waals surface area contributed by atoms with Crippen LogP contribution in [0.1, 0.15) is 71.6 Å². The second-order valence-corrected chi connectivity index (χ2v) is 6.40. The van der Waals surface area contributed by atoms with Crippen LogP contribution in [0.25, 0.3) is 0 Å². The minimum Gasteiger partial charge on any atom is -0.314 e. The first kappa shape index (κ1) is 14.3. The van der Waals surface area contributed by atoms with Gasteiger partial charge in [0.1, 0.15) is 0 Å². The number of hydrogen-bond acceptors (Lipinski definition) is 2. The lowest BCUT2D eigenvalue weighted by Gasteiger charge is -2.39. The maximum Gasteiger partial charge on any atom is 0.00992 e. The van der Waals surface area contributed by atoms with E-state index in [0.29, 0.717) is 0 Å². The summed E-state index contributed by atoms with van der Waals surface area (Å²) in [7, 11) is 0. The topological polar surface area (TPSA) is 15.3 Å². The van der Waals surface area contributed by atoms with Gasteiger partial charge in [0.2, 0.25) is 0 Å². The minimum atomic E-state index is 0.809. The van der Waals surface area contributed by atoms with E-state index in [4.69, 9.17) is 0 Å². The molecule has 2 aliphatic rings. The number of hydrogen-bond donors (Lipinski definition) is 1. The molecule has 1 aliphatic heterocycles. The smallest absolute Gasteiger partial charge is 0.00992 e. The van der Waals surface area contributed by atoms with E-state index in [1.165, 1.54) is 70.9 Å². The molecule has 1 saturated carbocycles. The number of likely N-dealkylation sites (tertiary alicyclic amines) is 1. The van der Waals surface area contributed by atoms with Crippen molar-refractivity contribution >= 4 is 0 Å². The average molecular weight is 252 g/mol. The van der Waals surface area contributed by atoms with Crippen LogP contribution in [-0.2, 0) is 0 Å². The molecule has 1 atom stereocenters. The van der Waals surface area contributed by atoms with Gasteiger partial charge in [0.15, 0.2) is 0 Å². The Kier molecular flexibility index (Phi) is 5.97. The van der Waals surface area contributed by atoms with Crippen LogP contribution in [0.2, 0.25) is 0 Å². The molecule has 18 heavy (non-hydrogen) atoms.